The Hall–Kier alpha value is -1.58. The third-order valence-corrected chi connectivity index (χ3v) is 5.40. The standard InChI is InChI=1S/C16H16BrNO5S2/c1-4-18-15(20)13(25-16(18)24)6-9-5-11(21-2)12(7-10(9)17)23-8-14(19)22-3/h5-7H,4,8H2,1-3H3/b13-6-. The summed E-state index contributed by atoms with van der Waals surface area (Å²) < 4.78 is 16.5. The first kappa shape index (κ1) is 19.7. The van der Waals surface area contributed by atoms with Crippen molar-refractivity contribution >= 4 is 62.2 Å². The summed E-state index contributed by atoms with van der Waals surface area (Å²) in [7, 11) is 2.78. The number of thiocarbonyl (C=S) groups is 1. The van der Waals surface area contributed by atoms with Crippen molar-refractivity contribution in [3.8, 4) is 11.5 Å². The quantitative estimate of drug-likeness (QED) is 0.378. The number of nitrogens with zero attached hydrogens (tertiary/aromatic N) is 1. The van der Waals surface area contributed by atoms with Gasteiger partial charge in [0.1, 0.15) is 4.32 Å². The Morgan fingerprint density at radius 3 is 2.64 bits per heavy atom. The van der Waals surface area contributed by atoms with Gasteiger partial charge >= 0.3 is 5.97 Å². The van der Waals surface area contributed by atoms with E-state index in [0.29, 0.717) is 31.7 Å². The first-order valence-electron chi connectivity index (χ1n) is 7.23. The number of carbonyl (C=O) groups is 2. The fourth-order valence-electron chi connectivity index (χ4n) is 2.04. The highest BCUT2D eigenvalue weighted by Crippen LogP contribution is 2.38. The molecule has 1 aromatic rings. The molecule has 134 valence electrons. The molecule has 0 bridgehead atoms. The largest absolute Gasteiger partial charge is 0.493 e. The topological polar surface area (TPSA) is 65.1 Å². The van der Waals surface area contributed by atoms with Gasteiger partial charge in [-0.3, -0.25) is 9.69 Å². The lowest BCUT2D eigenvalue weighted by molar-refractivity contribution is -0.142. The number of amides is 1. The summed E-state index contributed by atoms with van der Waals surface area (Å²) in [6, 6.07) is 3.39. The number of hydrogen-bond acceptors (Lipinski definition) is 7. The van der Waals surface area contributed by atoms with E-state index >= 15 is 0 Å². The Labute approximate surface area is 163 Å². The van der Waals surface area contributed by atoms with Gasteiger partial charge < -0.3 is 14.2 Å². The van der Waals surface area contributed by atoms with E-state index < -0.39 is 5.97 Å². The van der Waals surface area contributed by atoms with Crippen LogP contribution in [-0.4, -0.2) is 48.5 Å². The molecule has 1 aliphatic heterocycles. The van der Waals surface area contributed by atoms with Crippen molar-refractivity contribution in [1.82, 2.24) is 4.90 Å². The summed E-state index contributed by atoms with van der Waals surface area (Å²) in [5.41, 5.74) is 0.735. The lowest BCUT2D eigenvalue weighted by Gasteiger charge is -2.12. The average molecular weight is 446 g/mol. The molecule has 0 unspecified atom stereocenters. The Balaban J connectivity index is 2.31. The second-order valence-corrected chi connectivity index (χ2v) is 7.35. The Kier molecular flexibility index (Phi) is 6.86. The van der Waals surface area contributed by atoms with E-state index in [1.54, 1.807) is 23.1 Å². The average Bonchev–Trinajstić information content (AvgIpc) is 2.87. The molecule has 1 saturated heterocycles. The Morgan fingerprint density at radius 1 is 1.36 bits per heavy atom. The second-order valence-electron chi connectivity index (χ2n) is 4.82. The van der Waals surface area contributed by atoms with Crippen LogP contribution in [0.3, 0.4) is 0 Å². The molecular weight excluding hydrogens is 430 g/mol. The zero-order valence-corrected chi connectivity index (χ0v) is 17.0. The van der Waals surface area contributed by atoms with Gasteiger partial charge in [-0.15, -0.1) is 0 Å². The van der Waals surface area contributed by atoms with Crippen molar-refractivity contribution in [3.05, 3.63) is 27.1 Å². The van der Waals surface area contributed by atoms with Gasteiger partial charge in [0.25, 0.3) is 5.91 Å². The summed E-state index contributed by atoms with van der Waals surface area (Å²) in [4.78, 5) is 25.6. The molecule has 0 saturated carbocycles. The second kappa shape index (κ2) is 8.68. The number of likely N-dealkylation sites (N-methyl/N-ethyl adjacent to an activating group) is 1. The fraction of sp³-hybridized carbons (Fsp3) is 0.312. The molecule has 1 aliphatic rings. The summed E-state index contributed by atoms with van der Waals surface area (Å²) in [5, 5.41) is 0. The van der Waals surface area contributed by atoms with Crippen LogP contribution in [-0.2, 0) is 14.3 Å². The van der Waals surface area contributed by atoms with Crippen molar-refractivity contribution in [2.45, 2.75) is 6.92 Å². The van der Waals surface area contributed by atoms with E-state index in [2.05, 4.69) is 20.7 Å². The molecule has 0 spiro atoms. The highest BCUT2D eigenvalue weighted by molar-refractivity contribution is 9.10. The Morgan fingerprint density at radius 2 is 2.08 bits per heavy atom. The number of carbonyl (C=O) groups excluding carboxylic acids is 2. The molecule has 1 heterocycles. The van der Waals surface area contributed by atoms with E-state index in [-0.39, 0.29) is 12.5 Å². The molecule has 0 aromatic heterocycles. The zero-order chi connectivity index (χ0) is 18.6. The normalized spacial score (nSPS) is 15.7. The van der Waals surface area contributed by atoms with Gasteiger partial charge in [-0.05, 0) is 30.7 Å². The predicted octanol–water partition coefficient (Wildman–Crippen LogP) is 3.23. The van der Waals surface area contributed by atoms with E-state index in [9.17, 15) is 9.59 Å². The third kappa shape index (κ3) is 4.53. The van der Waals surface area contributed by atoms with Crippen LogP contribution in [0.4, 0.5) is 0 Å². The fourth-order valence-corrected chi connectivity index (χ4v) is 3.86. The first-order valence-corrected chi connectivity index (χ1v) is 9.25. The number of hydrogen-bond donors (Lipinski definition) is 0. The lowest BCUT2D eigenvalue weighted by Crippen LogP contribution is -2.27. The van der Waals surface area contributed by atoms with Crippen LogP contribution in [0, 0.1) is 0 Å². The van der Waals surface area contributed by atoms with Crippen LogP contribution in [0.5, 0.6) is 11.5 Å². The highest BCUT2D eigenvalue weighted by atomic mass is 79.9. The molecule has 9 heteroatoms. The summed E-state index contributed by atoms with van der Waals surface area (Å²) in [6.45, 7) is 2.18. The first-order chi connectivity index (χ1) is 11.9. The van der Waals surface area contributed by atoms with Crippen LogP contribution in [0.25, 0.3) is 6.08 Å². The van der Waals surface area contributed by atoms with Crippen molar-refractivity contribution < 1.29 is 23.8 Å². The van der Waals surface area contributed by atoms with Crippen LogP contribution >= 0.6 is 39.9 Å². The SMILES string of the molecule is CCN1C(=O)/C(=C/c2cc(OC)c(OCC(=O)OC)cc2Br)SC1=S. The molecule has 1 fully saturated rings. The minimum absolute atomic E-state index is 0.116. The monoisotopic (exact) mass is 445 g/mol. The number of halogens is 1. The molecule has 1 aromatic carbocycles. The van der Waals surface area contributed by atoms with E-state index in [1.807, 2.05) is 6.92 Å². The minimum atomic E-state index is -0.495. The number of ether oxygens (including phenoxy) is 3. The maximum absolute atomic E-state index is 12.3. The van der Waals surface area contributed by atoms with Gasteiger partial charge in [0.15, 0.2) is 18.1 Å². The van der Waals surface area contributed by atoms with E-state index in [1.165, 1.54) is 26.0 Å². The lowest BCUT2D eigenvalue weighted by atomic mass is 10.2. The van der Waals surface area contributed by atoms with Gasteiger partial charge in [0, 0.05) is 11.0 Å². The summed E-state index contributed by atoms with van der Waals surface area (Å²) in [5.74, 6) is 0.210. The molecule has 6 nitrogen and oxygen atoms in total. The molecule has 25 heavy (non-hydrogen) atoms. The number of methoxy groups -OCH3 is 2. The molecule has 0 atom stereocenters. The minimum Gasteiger partial charge on any atom is -0.493 e. The van der Waals surface area contributed by atoms with Gasteiger partial charge in [-0.25, -0.2) is 4.79 Å². The number of thioether (sulfide) groups is 1. The van der Waals surface area contributed by atoms with Gasteiger partial charge in [0.2, 0.25) is 0 Å². The smallest absolute Gasteiger partial charge is 0.343 e. The van der Waals surface area contributed by atoms with Crippen molar-refractivity contribution in [3.63, 3.8) is 0 Å². The van der Waals surface area contributed by atoms with Gasteiger partial charge in [-0.2, -0.15) is 0 Å². The number of esters is 1. The third-order valence-electron chi connectivity index (χ3n) is 3.33. The number of rotatable bonds is 6. The van der Waals surface area contributed by atoms with Crippen LogP contribution in [0.2, 0.25) is 0 Å². The highest BCUT2D eigenvalue weighted by Gasteiger charge is 2.30. The van der Waals surface area contributed by atoms with E-state index in [4.69, 9.17) is 21.7 Å². The van der Waals surface area contributed by atoms with E-state index in [0.717, 1.165) is 5.56 Å². The predicted molar refractivity (Wildman–Crippen MR) is 104 cm³/mol. The van der Waals surface area contributed by atoms with Crippen LogP contribution in [0.1, 0.15) is 12.5 Å². The van der Waals surface area contributed by atoms with Gasteiger partial charge in [0.05, 0.1) is 19.1 Å². The maximum Gasteiger partial charge on any atom is 0.343 e. The zero-order valence-electron chi connectivity index (χ0n) is 13.8. The summed E-state index contributed by atoms with van der Waals surface area (Å²) >= 11 is 9.91. The molecular formula is C16H16BrNO5S2. The van der Waals surface area contributed by atoms with Crippen molar-refractivity contribution in [2.75, 3.05) is 27.4 Å². The maximum atomic E-state index is 12.3. The molecule has 0 N–H and O–H groups in total. The van der Waals surface area contributed by atoms with Crippen molar-refractivity contribution in [1.29, 1.82) is 0 Å². The Bertz CT molecular complexity index is 750. The van der Waals surface area contributed by atoms with Gasteiger partial charge in [-0.1, -0.05) is 39.9 Å². The summed E-state index contributed by atoms with van der Waals surface area (Å²) in [6.07, 6.45) is 1.74. The molecule has 0 aliphatic carbocycles. The number of benzene rings is 1. The van der Waals surface area contributed by atoms with Crippen LogP contribution in [0.15, 0.2) is 21.5 Å². The molecule has 1 amide bonds. The molecule has 2 rings (SSSR count). The molecule has 0 radical (unpaired) electrons. The van der Waals surface area contributed by atoms with Crippen LogP contribution < -0.4 is 9.47 Å². The van der Waals surface area contributed by atoms with Crippen molar-refractivity contribution in [2.24, 2.45) is 0 Å².